The van der Waals surface area contributed by atoms with E-state index < -0.39 is 5.60 Å². The molecule has 0 heterocycles. The molecule has 0 aromatic heterocycles. The number of hydrogen-bond acceptors (Lipinski definition) is 1. The van der Waals surface area contributed by atoms with Crippen LogP contribution < -0.4 is 0 Å². The lowest BCUT2D eigenvalue weighted by molar-refractivity contribution is 0.0495. The highest BCUT2D eigenvalue weighted by molar-refractivity contribution is 5.36. The SMILES string of the molecule is CCC(O)(C#Cc1ccccc1)C(C)C. The summed E-state index contributed by atoms with van der Waals surface area (Å²) in [6.07, 6.45) is 0.657. The molecule has 0 fully saturated rings. The second-order valence-corrected chi connectivity index (χ2v) is 4.05. The lowest BCUT2D eigenvalue weighted by atomic mass is 9.88. The predicted molar refractivity (Wildman–Crippen MR) is 63.4 cm³/mol. The Morgan fingerprint density at radius 1 is 1.27 bits per heavy atom. The fourth-order valence-electron chi connectivity index (χ4n) is 1.34. The predicted octanol–water partition coefficient (Wildman–Crippen LogP) is 2.84. The van der Waals surface area contributed by atoms with Crippen LogP contribution >= 0.6 is 0 Å². The van der Waals surface area contributed by atoms with Gasteiger partial charge in [0.15, 0.2) is 0 Å². The summed E-state index contributed by atoms with van der Waals surface area (Å²) < 4.78 is 0. The summed E-state index contributed by atoms with van der Waals surface area (Å²) in [6, 6.07) is 9.75. The van der Waals surface area contributed by atoms with Crippen LogP contribution in [0.4, 0.5) is 0 Å². The molecule has 80 valence electrons. The molecule has 1 heteroatoms. The van der Waals surface area contributed by atoms with Crippen LogP contribution in [0.25, 0.3) is 0 Å². The van der Waals surface area contributed by atoms with E-state index in [-0.39, 0.29) is 5.92 Å². The Balaban J connectivity index is 2.89. The Bertz CT molecular complexity index is 356. The molecule has 0 saturated heterocycles. The van der Waals surface area contributed by atoms with Gasteiger partial charge in [-0.05, 0) is 24.5 Å². The summed E-state index contributed by atoms with van der Waals surface area (Å²) in [5.74, 6) is 6.14. The zero-order valence-electron chi connectivity index (χ0n) is 9.62. The van der Waals surface area contributed by atoms with E-state index in [4.69, 9.17) is 0 Å². The first-order valence-corrected chi connectivity index (χ1v) is 5.39. The molecular weight excluding hydrogens is 184 g/mol. The van der Waals surface area contributed by atoms with Gasteiger partial charge in [-0.3, -0.25) is 0 Å². The molecular formula is C14H18O. The van der Waals surface area contributed by atoms with E-state index in [1.165, 1.54) is 0 Å². The van der Waals surface area contributed by atoms with Crippen LogP contribution in [-0.2, 0) is 0 Å². The molecule has 1 unspecified atom stereocenters. The van der Waals surface area contributed by atoms with Crippen LogP contribution in [0.15, 0.2) is 30.3 Å². The second kappa shape index (κ2) is 5.00. The summed E-state index contributed by atoms with van der Waals surface area (Å²) in [5, 5.41) is 10.2. The first-order valence-electron chi connectivity index (χ1n) is 5.39. The third-order valence-electron chi connectivity index (χ3n) is 2.69. The van der Waals surface area contributed by atoms with Gasteiger partial charge in [-0.25, -0.2) is 0 Å². The monoisotopic (exact) mass is 202 g/mol. The molecule has 1 atom stereocenters. The Labute approximate surface area is 92.1 Å². The third kappa shape index (κ3) is 3.11. The van der Waals surface area contributed by atoms with Gasteiger partial charge in [0.25, 0.3) is 0 Å². The zero-order chi connectivity index (χ0) is 11.3. The van der Waals surface area contributed by atoms with Crippen molar-refractivity contribution >= 4 is 0 Å². The Hall–Kier alpha value is -1.26. The van der Waals surface area contributed by atoms with Crippen LogP contribution in [-0.4, -0.2) is 10.7 Å². The highest BCUT2D eigenvalue weighted by Gasteiger charge is 2.25. The standard InChI is InChI=1S/C14H18O/c1-4-14(15,12(2)3)11-10-13-8-6-5-7-9-13/h5-9,12,15H,4H2,1-3H3. The molecule has 1 N–H and O–H groups in total. The van der Waals surface area contributed by atoms with E-state index >= 15 is 0 Å². The number of hydrogen-bond donors (Lipinski definition) is 1. The molecule has 0 aliphatic rings. The fraction of sp³-hybridized carbons (Fsp3) is 0.429. The van der Waals surface area contributed by atoms with Gasteiger partial charge in [0.05, 0.1) is 0 Å². The van der Waals surface area contributed by atoms with Crippen LogP contribution in [0, 0.1) is 17.8 Å². The number of aliphatic hydroxyl groups is 1. The Kier molecular flexibility index (Phi) is 3.94. The van der Waals surface area contributed by atoms with Gasteiger partial charge in [0.2, 0.25) is 0 Å². The quantitative estimate of drug-likeness (QED) is 0.731. The van der Waals surface area contributed by atoms with Gasteiger partial charge in [-0.15, -0.1) is 0 Å². The molecule has 15 heavy (non-hydrogen) atoms. The van der Waals surface area contributed by atoms with Crippen LogP contribution in [0.3, 0.4) is 0 Å². The largest absolute Gasteiger partial charge is 0.377 e. The van der Waals surface area contributed by atoms with Gasteiger partial charge in [0.1, 0.15) is 5.60 Å². The highest BCUT2D eigenvalue weighted by Crippen LogP contribution is 2.19. The molecule has 1 nitrogen and oxygen atoms in total. The minimum absolute atomic E-state index is 0.152. The maximum absolute atomic E-state index is 10.2. The van der Waals surface area contributed by atoms with E-state index in [1.54, 1.807) is 0 Å². The molecule has 0 spiro atoms. The van der Waals surface area contributed by atoms with Gasteiger partial charge in [-0.1, -0.05) is 50.8 Å². The molecule has 0 amide bonds. The molecule has 1 aromatic rings. The lowest BCUT2D eigenvalue weighted by Crippen LogP contribution is -2.32. The highest BCUT2D eigenvalue weighted by atomic mass is 16.3. The molecule has 0 aliphatic carbocycles. The van der Waals surface area contributed by atoms with Crippen molar-refractivity contribution in [3.05, 3.63) is 35.9 Å². The van der Waals surface area contributed by atoms with E-state index in [2.05, 4.69) is 11.8 Å². The first-order chi connectivity index (χ1) is 7.08. The summed E-state index contributed by atoms with van der Waals surface area (Å²) >= 11 is 0. The number of rotatable bonds is 2. The lowest BCUT2D eigenvalue weighted by Gasteiger charge is -2.24. The second-order valence-electron chi connectivity index (χ2n) is 4.05. The summed E-state index contributed by atoms with van der Waals surface area (Å²) in [6.45, 7) is 5.94. The minimum Gasteiger partial charge on any atom is -0.377 e. The Morgan fingerprint density at radius 2 is 1.87 bits per heavy atom. The van der Waals surface area contributed by atoms with Crippen molar-refractivity contribution in [2.75, 3.05) is 0 Å². The van der Waals surface area contributed by atoms with Crippen LogP contribution in [0.2, 0.25) is 0 Å². The summed E-state index contributed by atoms with van der Waals surface area (Å²) in [5.41, 5.74) is 0.0839. The molecule has 0 bridgehead atoms. The normalized spacial score (nSPS) is 14.2. The van der Waals surface area contributed by atoms with Crippen LogP contribution in [0.5, 0.6) is 0 Å². The van der Waals surface area contributed by atoms with Crippen molar-refractivity contribution in [3.63, 3.8) is 0 Å². The molecule has 0 saturated carbocycles. The Morgan fingerprint density at radius 3 is 2.33 bits per heavy atom. The van der Waals surface area contributed by atoms with Gasteiger partial charge in [0, 0.05) is 5.56 Å². The number of benzene rings is 1. The van der Waals surface area contributed by atoms with Crippen molar-refractivity contribution in [3.8, 4) is 11.8 Å². The van der Waals surface area contributed by atoms with E-state index in [1.807, 2.05) is 51.1 Å². The van der Waals surface area contributed by atoms with Crippen molar-refractivity contribution in [2.24, 2.45) is 5.92 Å². The maximum Gasteiger partial charge on any atom is 0.127 e. The average molecular weight is 202 g/mol. The first kappa shape index (κ1) is 11.8. The van der Waals surface area contributed by atoms with Crippen molar-refractivity contribution < 1.29 is 5.11 Å². The van der Waals surface area contributed by atoms with E-state index in [0.29, 0.717) is 6.42 Å². The van der Waals surface area contributed by atoms with E-state index in [9.17, 15) is 5.11 Å². The smallest absolute Gasteiger partial charge is 0.127 e. The van der Waals surface area contributed by atoms with Gasteiger partial charge < -0.3 is 5.11 Å². The van der Waals surface area contributed by atoms with Crippen molar-refractivity contribution in [1.82, 2.24) is 0 Å². The minimum atomic E-state index is -0.865. The molecule has 0 radical (unpaired) electrons. The van der Waals surface area contributed by atoms with Gasteiger partial charge >= 0.3 is 0 Å². The molecule has 0 aliphatic heterocycles. The summed E-state index contributed by atoms with van der Waals surface area (Å²) in [4.78, 5) is 0. The van der Waals surface area contributed by atoms with Gasteiger partial charge in [-0.2, -0.15) is 0 Å². The van der Waals surface area contributed by atoms with E-state index in [0.717, 1.165) is 5.56 Å². The topological polar surface area (TPSA) is 20.2 Å². The van der Waals surface area contributed by atoms with Crippen LogP contribution in [0.1, 0.15) is 32.8 Å². The zero-order valence-corrected chi connectivity index (χ0v) is 9.62. The van der Waals surface area contributed by atoms with Crippen molar-refractivity contribution in [1.29, 1.82) is 0 Å². The summed E-state index contributed by atoms with van der Waals surface area (Å²) in [7, 11) is 0. The van der Waals surface area contributed by atoms with Crippen molar-refractivity contribution in [2.45, 2.75) is 32.8 Å². The molecule has 1 aromatic carbocycles. The fourth-order valence-corrected chi connectivity index (χ4v) is 1.34. The maximum atomic E-state index is 10.2. The molecule has 1 rings (SSSR count). The average Bonchev–Trinajstić information content (AvgIpc) is 2.27. The third-order valence-corrected chi connectivity index (χ3v) is 2.69.